The Bertz CT molecular complexity index is 732. The van der Waals surface area contributed by atoms with Crippen molar-refractivity contribution in [2.24, 2.45) is 11.7 Å². The van der Waals surface area contributed by atoms with Gasteiger partial charge in [0.15, 0.2) is 6.10 Å². The summed E-state index contributed by atoms with van der Waals surface area (Å²) in [5.41, 5.74) is 8.31. The van der Waals surface area contributed by atoms with Crippen molar-refractivity contribution in [3.63, 3.8) is 0 Å². The Morgan fingerprint density at radius 3 is 2.50 bits per heavy atom. The van der Waals surface area contributed by atoms with Crippen molar-refractivity contribution in [1.82, 2.24) is 4.90 Å². The fourth-order valence-electron chi connectivity index (χ4n) is 3.72. The number of nitrogens with zero attached hydrogens (tertiary/aromatic N) is 1. The zero-order valence-corrected chi connectivity index (χ0v) is 15.6. The molecule has 4 heteroatoms. The van der Waals surface area contributed by atoms with Gasteiger partial charge in [0.05, 0.1) is 0 Å². The van der Waals surface area contributed by atoms with Gasteiger partial charge in [-0.05, 0) is 43.0 Å². The van der Waals surface area contributed by atoms with Gasteiger partial charge in [-0.1, -0.05) is 55.5 Å². The molecule has 1 unspecified atom stereocenters. The Morgan fingerprint density at radius 2 is 1.85 bits per heavy atom. The number of amides is 1. The first kappa shape index (κ1) is 18.5. The van der Waals surface area contributed by atoms with E-state index in [9.17, 15) is 4.79 Å². The zero-order chi connectivity index (χ0) is 18.5. The van der Waals surface area contributed by atoms with Gasteiger partial charge in [-0.2, -0.15) is 0 Å². The summed E-state index contributed by atoms with van der Waals surface area (Å²) in [6.45, 7) is 5.98. The number of para-hydroxylation sites is 1. The quantitative estimate of drug-likeness (QED) is 0.867. The molecule has 1 saturated heterocycles. The van der Waals surface area contributed by atoms with Gasteiger partial charge in [0, 0.05) is 19.0 Å². The molecule has 0 radical (unpaired) electrons. The lowest BCUT2D eigenvalue weighted by atomic mass is 9.89. The lowest BCUT2D eigenvalue weighted by molar-refractivity contribution is -0.137. The standard InChI is InChI=1S/C22H28N2O2/c1-3-20(26-21-12-8-7-9-16(21)2)22(25)24-14-18(13-23)19(15-24)17-10-5-4-6-11-17/h4-12,18-20H,3,13-15,23H2,1-2H3/t18-,19+,20?/m1/s1. The Balaban J connectivity index is 1.73. The number of aryl methyl sites for hydroxylation is 1. The Kier molecular flexibility index (Phi) is 5.94. The summed E-state index contributed by atoms with van der Waals surface area (Å²) in [5, 5.41) is 0. The number of carbonyl (C=O) groups is 1. The van der Waals surface area contributed by atoms with Gasteiger partial charge in [-0.3, -0.25) is 4.79 Å². The highest BCUT2D eigenvalue weighted by Gasteiger charge is 2.37. The van der Waals surface area contributed by atoms with Crippen LogP contribution in [0, 0.1) is 12.8 Å². The highest BCUT2D eigenvalue weighted by atomic mass is 16.5. The normalized spacial score (nSPS) is 20.8. The van der Waals surface area contributed by atoms with Gasteiger partial charge in [-0.15, -0.1) is 0 Å². The number of likely N-dealkylation sites (tertiary alicyclic amines) is 1. The van der Waals surface area contributed by atoms with Gasteiger partial charge in [0.1, 0.15) is 5.75 Å². The number of rotatable bonds is 6. The summed E-state index contributed by atoms with van der Waals surface area (Å²) < 4.78 is 6.06. The van der Waals surface area contributed by atoms with E-state index in [0.29, 0.717) is 32.0 Å². The number of nitrogens with two attached hydrogens (primary N) is 1. The van der Waals surface area contributed by atoms with E-state index >= 15 is 0 Å². The van der Waals surface area contributed by atoms with Crippen molar-refractivity contribution < 1.29 is 9.53 Å². The van der Waals surface area contributed by atoms with Crippen molar-refractivity contribution >= 4 is 5.91 Å². The van der Waals surface area contributed by atoms with Crippen LogP contribution < -0.4 is 10.5 Å². The van der Waals surface area contributed by atoms with Crippen molar-refractivity contribution in [3.05, 3.63) is 65.7 Å². The molecule has 1 fully saturated rings. The van der Waals surface area contributed by atoms with Crippen LogP contribution in [0.3, 0.4) is 0 Å². The van der Waals surface area contributed by atoms with E-state index in [1.54, 1.807) is 0 Å². The Labute approximate surface area is 156 Å². The summed E-state index contributed by atoms with van der Waals surface area (Å²) in [7, 11) is 0. The first-order chi connectivity index (χ1) is 12.6. The topological polar surface area (TPSA) is 55.6 Å². The van der Waals surface area contributed by atoms with Crippen molar-refractivity contribution in [2.75, 3.05) is 19.6 Å². The minimum atomic E-state index is -0.455. The fourth-order valence-corrected chi connectivity index (χ4v) is 3.72. The van der Waals surface area contributed by atoms with Gasteiger partial charge in [-0.25, -0.2) is 0 Å². The molecular formula is C22H28N2O2. The number of hydrogen-bond acceptors (Lipinski definition) is 3. The molecule has 26 heavy (non-hydrogen) atoms. The van der Waals surface area contributed by atoms with Crippen molar-refractivity contribution in [1.29, 1.82) is 0 Å². The largest absolute Gasteiger partial charge is 0.480 e. The predicted octanol–water partition coefficient (Wildman–Crippen LogP) is 3.35. The number of carbonyl (C=O) groups excluding carboxylic acids is 1. The molecule has 3 rings (SSSR count). The van der Waals surface area contributed by atoms with Crippen molar-refractivity contribution in [3.8, 4) is 5.75 Å². The fraction of sp³-hybridized carbons (Fsp3) is 0.409. The molecule has 2 N–H and O–H groups in total. The molecule has 138 valence electrons. The van der Waals surface area contributed by atoms with Crippen LogP contribution in [0.2, 0.25) is 0 Å². The van der Waals surface area contributed by atoms with Gasteiger partial charge in [0.25, 0.3) is 5.91 Å². The Hall–Kier alpha value is -2.33. The molecule has 1 amide bonds. The second-order valence-electron chi connectivity index (χ2n) is 7.04. The highest BCUT2D eigenvalue weighted by Crippen LogP contribution is 2.33. The average Bonchev–Trinajstić information content (AvgIpc) is 3.12. The molecule has 2 aromatic rings. The van der Waals surface area contributed by atoms with Crippen molar-refractivity contribution in [2.45, 2.75) is 32.3 Å². The summed E-state index contributed by atoms with van der Waals surface area (Å²) >= 11 is 0. The Morgan fingerprint density at radius 1 is 1.15 bits per heavy atom. The minimum absolute atomic E-state index is 0.0626. The van der Waals surface area contributed by atoms with E-state index in [0.717, 1.165) is 11.3 Å². The monoisotopic (exact) mass is 352 g/mol. The lowest BCUT2D eigenvalue weighted by Gasteiger charge is -2.24. The maximum Gasteiger partial charge on any atom is 0.263 e. The highest BCUT2D eigenvalue weighted by molar-refractivity contribution is 5.81. The van der Waals surface area contributed by atoms with Crippen LogP contribution in [0.15, 0.2) is 54.6 Å². The third-order valence-corrected chi connectivity index (χ3v) is 5.29. The summed E-state index contributed by atoms with van der Waals surface area (Å²) in [6, 6.07) is 18.2. The molecule has 0 bridgehead atoms. The van der Waals surface area contributed by atoms with E-state index in [4.69, 9.17) is 10.5 Å². The van der Waals surface area contributed by atoms with Crippen LogP contribution in [-0.2, 0) is 4.79 Å². The summed E-state index contributed by atoms with van der Waals surface area (Å²) in [6.07, 6.45) is 0.191. The van der Waals surface area contributed by atoms with E-state index in [-0.39, 0.29) is 11.8 Å². The maximum absolute atomic E-state index is 13.1. The SMILES string of the molecule is CCC(Oc1ccccc1C)C(=O)N1C[C@@H](CN)[C@H](c2ccccc2)C1. The van der Waals surface area contributed by atoms with Gasteiger partial charge < -0.3 is 15.4 Å². The van der Waals surface area contributed by atoms with Crippen LogP contribution in [0.5, 0.6) is 5.75 Å². The van der Waals surface area contributed by atoms with Crippen LogP contribution >= 0.6 is 0 Å². The van der Waals surface area contributed by atoms with Crippen LogP contribution in [0.1, 0.15) is 30.4 Å². The first-order valence-corrected chi connectivity index (χ1v) is 9.40. The van der Waals surface area contributed by atoms with E-state index in [2.05, 4.69) is 12.1 Å². The second kappa shape index (κ2) is 8.37. The summed E-state index contributed by atoms with van der Waals surface area (Å²) in [5.74, 6) is 1.42. The molecule has 0 saturated carbocycles. The van der Waals surface area contributed by atoms with Crippen LogP contribution in [0.4, 0.5) is 0 Å². The third kappa shape index (κ3) is 3.91. The average molecular weight is 352 g/mol. The molecule has 4 nitrogen and oxygen atoms in total. The molecule has 0 spiro atoms. The molecular weight excluding hydrogens is 324 g/mol. The van der Waals surface area contributed by atoms with Gasteiger partial charge in [0.2, 0.25) is 0 Å². The number of ether oxygens (including phenoxy) is 1. The zero-order valence-electron chi connectivity index (χ0n) is 15.6. The smallest absolute Gasteiger partial charge is 0.263 e. The number of benzene rings is 2. The van der Waals surface area contributed by atoms with E-state index in [1.165, 1.54) is 5.56 Å². The molecule has 3 atom stereocenters. The summed E-state index contributed by atoms with van der Waals surface area (Å²) in [4.78, 5) is 15.0. The molecule has 1 aliphatic rings. The molecule has 1 heterocycles. The molecule has 0 aromatic heterocycles. The number of hydrogen-bond donors (Lipinski definition) is 1. The lowest BCUT2D eigenvalue weighted by Crippen LogP contribution is -2.41. The van der Waals surface area contributed by atoms with Crippen LogP contribution in [-0.4, -0.2) is 36.5 Å². The predicted molar refractivity (Wildman–Crippen MR) is 104 cm³/mol. The molecule has 0 aliphatic carbocycles. The first-order valence-electron chi connectivity index (χ1n) is 9.40. The molecule has 2 aromatic carbocycles. The molecule has 1 aliphatic heterocycles. The third-order valence-electron chi connectivity index (χ3n) is 5.29. The van der Waals surface area contributed by atoms with Gasteiger partial charge >= 0.3 is 0 Å². The van der Waals surface area contributed by atoms with E-state index < -0.39 is 6.10 Å². The maximum atomic E-state index is 13.1. The minimum Gasteiger partial charge on any atom is -0.480 e. The second-order valence-corrected chi connectivity index (χ2v) is 7.04. The van der Waals surface area contributed by atoms with Crippen LogP contribution in [0.25, 0.3) is 0 Å². The van der Waals surface area contributed by atoms with E-state index in [1.807, 2.05) is 61.2 Å².